The number of aliphatic hydroxyl groups is 3. The van der Waals surface area contributed by atoms with Gasteiger partial charge in [0.2, 0.25) is 5.91 Å². The highest BCUT2D eigenvalue weighted by atomic mass is 16.3. The lowest BCUT2D eigenvalue weighted by Crippen LogP contribution is -2.43. The number of aromatic nitrogens is 1. The number of carbonyl (C=O) groups is 1. The van der Waals surface area contributed by atoms with Crippen molar-refractivity contribution in [3.8, 4) is 5.75 Å². The minimum absolute atomic E-state index is 0.0987. The third-order valence-corrected chi connectivity index (χ3v) is 4.92. The molecule has 1 aromatic heterocycles. The molecule has 0 aliphatic heterocycles. The lowest BCUT2D eigenvalue weighted by Gasteiger charge is -2.28. The van der Waals surface area contributed by atoms with Crippen LogP contribution in [-0.2, 0) is 24.2 Å². The van der Waals surface area contributed by atoms with E-state index in [2.05, 4.69) is 15.6 Å². The van der Waals surface area contributed by atoms with Crippen LogP contribution in [-0.4, -0.2) is 56.0 Å². The average molecular weight is 432 g/mol. The number of rotatable bonds is 11. The minimum atomic E-state index is -0.895. The second-order valence-corrected chi connectivity index (χ2v) is 8.47. The molecule has 0 aliphatic carbocycles. The molecular weight excluding hydrogens is 398 g/mol. The lowest BCUT2D eigenvalue weighted by atomic mass is 9.93. The van der Waals surface area contributed by atoms with E-state index in [-0.39, 0.29) is 48.5 Å². The molecule has 1 aromatic carbocycles. The molecule has 2 rings (SSSR count). The quantitative estimate of drug-likeness (QED) is 0.312. The molecule has 0 saturated heterocycles. The Hall–Kier alpha value is -2.52. The maximum Gasteiger partial charge on any atom is 0.224 e. The smallest absolute Gasteiger partial charge is 0.224 e. The van der Waals surface area contributed by atoms with Crippen LogP contribution in [0.2, 0.25) is 0 Å². The molecule has 0 spiro atoms. The molecule has 6 N–H and O–H groups in total. The molecule has 31 heavy (non-hydrogen) atoms. The number of aromatic hydroxyl groups is 1. The fourth-order valence-electron chi connectivity index (χ4n) is 3.27. The molecule has 2 aromatic rings. The number of nitrogens with one attached hydrogen (secondary N) is 2. The van der Waals surface area contributed by atoms with Crippen LogP contribution in [0.1, 0.15) is 49.4 Å². The fourth-order valence-corrected chi connectivity index (χ4v) is 3.27. The predicted octanol–water partition coefficient (Wildman–Crippen LogP) is 0.963. The zero-order valence-electron chi connectivity index (χ0n) is 18.3. The number of nitrogens with zero attached hydrogens (tertiary/aromatic N) is 1. The number of amides is 1. The van der Waals surface area contributed by atoms with E-state index in [1.54, 1.807) is 6.92 Å². The zero-order valence-corrected chi connectivity index (χ0v) is 18.3. The summed E-state index contributed by atoms with van der Waals surface area (Å²) in [7, 11) is 0. The van der Waals surface area contributed by atoms with Gasteiger partial charge in [0.1, 0.15) is 17.5 Å². The molecular formula is C23H33N3O5. The van der Waals surface area contributed by atoms with Crippen LogP contribution in [0.25, 0.3) is 0 Å². The van der Waals surface area contributed by atoms with E-state index in [1.165, 1.54) is 12.1 Å². The van der Waals surface area contributed by atoms with Crippen molar-refractivity contribution in [3.63, 3.8) is 0 Å². The van der Waals surface area contributed by atoms with Crippen molar-refractivity contribution in [2.24, 2.45) is 0 Å². The first-order valence-electron chi connectivity index (χ1n) is 10.3. The molecule has 1 heterocycles. The Kier molecular flexibility index (Phi) is 8.94. The summed E-state index contributed by atoms with van der Waals surface area (Å²) in [5, 5.41) is 44.4. The largest absolute Gasteiger partial charge is 0.506 e. The molecule has 170 valence electrons. The Bertz CT molecular complexity index is 872. The zero-order chi connectivity index (χ0) is 23.0. The molecule has 0 bridgehead atoms. The van der Waals surface area contributed by atoms with Gasteiger partial charge in [-0.15, -0.1) is 0 Å². The molecule has 1 unspecified atom stereocenters. The molecule has 8 heteroatoms. The molecule has 0 fully saturated rings. The number of pyridine rings is 1. The summed E-state index contributed by atoms with van der Waals surface area (Å²) in [6, 6.07) is 10.4. The van der Waals surface area contributed by atoms with E-state index in [0.29, 0.717) is 12.1 Å². The van der Waals surface area contributed by atoms with Crippen molar-refractivity contribution in [2.45, 2.75) is 57.9 Å². The number of hydrogen-bond donors (Lipinski definition) is 6. The van der Waals surface area contributed by atoms with Gasteiger partial charge in [-0.3, -0.25) is 4.79 Å². The van der Waals surface area contributed by atoms with Crippen LogP contribution in [0.5, 0.6) is 5.75 Å². The average Bonchev–Trinajstić information content (AvgIpc) is 2.72. The van der Waals surface area contributed by atoms with E-state index < -0.39 is 12.7 Å². The van der Waals surface area contributed by atoms with Gasteiger partial charge < -0.3 is 31.1 Å². The first-order valence-corrected chi connectivity index (χ1v) is 10.3. The summed E-state index contributed by atoms with van der Waals surface area (Å²) in [4.78, 5) is 16.2. The van der Waals surface area contributed by atoms with Gasteiger partial charge in [0.15, 0.2) is 0 Å². The second kappa shape index (κ2) is 11.2. The van der Waals surface area contributed by atoms with E-state index in [0.717, 1.165) is 11.1 Å². The molecule has 1 amide bonds. The predicted molar refractivity (Wildman–Crippen MR) is 117 cm³/mol. The van der Waals surface area contributed by atoms with E-state index in [4.69, 9.17) is 5.11 Å². The van der Waals surface area contributed by atoms with Gasteiger partial charge in [0.25, 0.3) is 0 Å². The first kappa shape index (κ1) is 24.7. The third kappa shape index (κ3) is 7.91. The molecule has 0 saturated carbocycles. The molecule has 0 radical (unpaired) electrons. The van der Waals surface area contributed by atoms with Crippen molar-refractivity contribution in [1.82, 2.24) is 15.6 Å². The van der Waals surface area contributed by atoms with Crippen LogP contribution >= 0.6 is 0 Å². The van der Waals surface area contributed by atoms with Crippen molar-refractivity contribution in [1.29, 1.82) is 0 Å². The summed E-state index contributed by atoms with van der Waals surface area (Å²) in [6.45, 7) is 5.53. The molecule has 8 nitrogen and oxygen atoms in total. The van der Waals surface area contributed by atoms with Crippen molar-refractivity contribution < 1.29 is 25.2 Å². The van der Waals surface area contributed by atoms with Crippen LogP contribution < -0.4 is 10.6 Å². The summed E-state index contributed by atoms with van der Waals surface area (Å²) in [5.41, 5.74) is 2.10. The Morgan fingerprint density at radius 3 is 2.55 bits per heavy atom. The Morgan fingerprint density at radius 2 is 1.87 bits per heavy atom. The van der Waals surface area contributed by atoms with Crippen LogP contribution in [0, 0.1) is 0 Å². The van der Waals surface area contributed by atoms with Gasteiger partial charge in [-0.2, -0.15) is 0 Å². The van der Waals surface area contributed by atoms with Gasteiger partial charge in [-0.25, -0.2) is 4.98 Å². The molecule has 2 atom stereocenters. The minimum Gasteiger partial charge on any atom is -0.506 e. The Morgan fingerprint density at radius 1 is 1.16 bits per heavy atom. The van der Waals surface area contributed by atoms with E-state index >= 15 is 0 Å². The van der Waals surface area contributed by atoms with Crippen LogP contribution in [0.15, 0.2) is 36.4 Å². The Balaban J connectivity index is 1.95. The number of β-amino-alcohol motifs (C(OH)–C–C–N with tert-alkyl or cyclic N) is 1. The SMILES string of the molecule is C[C@@H](CO)NC(=O)Cc1cccc(CC(C)(C)NCC(O)c2ccc(O)c(CO)n2)c1. The highest BCUT2D eigenvalue weighted by Gasteiger charge is 2.21. The monoisotopic (exact) mass is 431 g/mol. The highest BCUT2D eigenvalue weighted by molar-refractivity contribution is 5.78. The summed E-state index contributed by atoms with van der Waals surface area (Å²) in [6.07, 6.45) is 0.0196. The number of hydrogen-bond acceptors (Lipinski definition) is 7. The second-order valence-electron chi connectivity index (χ2n) is 8.47. The maximum absolute atomic E-state index is 12.1. The normalized spacial score (nSPS) is 13.6. The number of benzene rings is 1. The third-order valence-electron chi connectivity index (χ3n) is 4.92. The van der Waals surface area contributed by atoms with Crippen molar-refractivity contribution in [2.75, 3.05) is 13.2 Å². The van der Waals surface area contributed by atoms with Crippen LogP contribution in [0.3, 0.4) is 0 Å². The van der Waals surface area contributed by atoms with Crippen molar-refractivity contribution >= 4 is 5.91 Å². The van der Waals surface area contributed by atoms with E-state index in [1.807, 2.05) is 38.1 Å². The van der Waals surface area contributed by atoms with Crippen LogP contribution in [0.4, 0.5) is 0 Å². The van der Waals surface area contributed by atoms with Gasteiger partial charge in [-0.05, 0) is 50.5 Å². The lowest BCUT2D eigenvalue weighted by molar-refractivity contribution is -0.121. The summed E-state index contributed by atoms with van der Waals surface area (Å²) >= 11 is 0. The highest BCUT2D eigenvalue weighted by Crippen LogP contribution is 2.20. The number of aliphatic hydroxyl groups excluding tert-OH is 3. The first-order chi connectivity index (χ1) is 14.6. The summed E-state index contributed by atoms with van der Waals surface area (Å²) in [5.74, 6) is -0.242. The maximum atomic E-state index is 12.1. The summed E-state index contributed by atoms with van der Waals surface area (Å²) < 4.78 is 0. The topological polar surface area (TPSA) is 135 Å². The van der Waals surface area contributed by atoms with Gasteiger partial charge in [-0.1, -0.05) is 24.3 Å². The van der Waals surface area contributed by atoms with E-state index in [9.17, 15) is 20.1 Å². The van der Waals surface area contributed by atoms with Gasteiger partial charge in [0.05, 0.1) is 25.3 Å². The standard InChI is InChI=1S/C23H33N3O5/c1-15(13-27)25-22(31)10-16-5-4-6-17(9-16)11-23(2,3)24-12-21(30)18-7-8-20(29)19(14-28)26-18/h4-9,15,21,24,27-30H,10-14H2,1-3H3,(H,25,31)/t15-,21?/m0/s1. The van der Waals surface area contributed by atoms with Gasteiger partial charge >= 0.3 is 0 Å². The molecule has 0 aliphatic rings. The van der Waals surface area contributed by atoms with Gasteiger partial charge in [0, 0.05) is 18.1 Å². The Labute approximate surface area is 183 Å². The van der Waals surface area contributed by atoms with Crippen molar-refractivity contribution in [3.05, 3.63) is 58.9 Å². The fraction of sp³-hybridized carbons (Fsp3) is 0.478. The number of carbonyl (C=O) groups excluding carboxylic acids is 1.